The van der Waals surface area contributed by atoms with Gasteiger partial charge in [0.25, 0.3) is 6.43 Å². The van der Waals surface area contributed by atoms with Crippen molar-refractivity contribution in [1.82, 2.24) is 0 Å². The molecule has 0 bridgehead atoms. The quantitative estimate of drug-likeness (QED) is 0.727. The van der Waals surface area contributed by atoms with Gasteiger partial charge in [0.15, 0.2) is 0 Å². The van der Waals surface area contributed by atoms with Gasteiger partial charge in [0.2, 0.25) is 0 Å². The zero-order chi connectivity index (χ0) is 9.14. The van der Waals surface area contributed by atoms with Crippen molar-refractivity contribution >= 4 is 15.9 Å². The Morgan fingerprint density at radius 3 is 2.50 bits per heavy atom. The van der Waals surface area contributed by atoms with Crippen LogP contribution in [0.5, 0.6) is 0 Å². The van der Waals surface area contributed by atoms with E-state index >= 15 is 0 Å². The van der Waals surface area contributed by atoms with Crippen molar-refractivity contribution in [3.05, 3.63) is 33.8 Å². The second-order valence-electron chi connectivity index (χ2n) is 2.51. The standard InChI is InChI=1S/C9H9BrF2/c1-2-6-3-4-7(9(11)12)8(10)5-6/h3-5,9H,2H2,1H3. The van der Waals surface area contributed by atoms with Gasteiger partial charge in [-0.15, -0.1) is 0 Å². The molecule has 0 heterocycles. The normalized spacial score (nSPS) is 10.8. The van der Waals surface area contributed by atoms with Crippen molar-refractivity contribution in [2.24, 2.45) is 0 Å². The number of benzene rings is 1. The lowest BCUT2D eigenvalue weighted by Crippen LogP contribution is -1.88. The molecule has 0 aromatic heterocycles. The molecule has 0 nitrogen and oxygen atoms in total. The van der Waals surface area contributed by atoms with Crippen LogP contribution in [-0.4, -0.2) is 0 Å². The molecule has 3 heteroatoms. The summed E-state index contributed by atoms with van der Waals surface area (Å²) in [5, 5.41) is 0. The number of halogens is 3. The SMILES string of the molecule is CCc1ccc(C(F)F)c(Br)c1. The zero-order valence-corrected chi connectivity index (χ0v) is 8.24. The van der Waals surface area contributed by atoms with Crippen molar-refractivity contribution in [1.29, 1.82) is 0 Å². The summed E-state index contributed by atoms with van der Waals surface area (Å²) in [7, 11) is 0. The first kappa shape index (κ1) is 9.65. The summed E-state index contributed by atoms with van der Waals surface area (Å²) >= 11 is 3.11. The molecule has 0 aliphatic rings. The average Bonchev–Trinajstić information content (AvgIpc) is 2.03. The van der Waals surface area contributed by atoms with Crippen molar-refractivity contribution in [2.75, 3.05) is 0 Å². The van der Waals surface area contributed by atoms with Gasteiger partial charge in [-0.3, -0.25) is 0 Å². The molecule has 66 valence electrons. The van der Waals surface area contributed by atoms with E-state index in [9.17, 15) is 8.78 Å². The van der Waals surface area contributed by atoms with Crippen molar-refractivity contribution < 1.29 is 8.78 Å². The van der Waals surface area contributed by atoms with Crippen LogP contribution in [-0.2, 0) is 6.42 Å². The van der Waals surface area contributed by atoms with E-state index in [2.05, 4.69) is 15.9 Å². The number of rotatable bonds is 2. The van der Waals surface area contributed by atoms with E-state index in [0.717, 1.165) is 12.0 Å². The molecular weight excluding hydrogens is 226 g/mol. The number of alkyl halides is 2. The summed E-state index contributed by atoms with van der Waals surface area (Å²) < 4.78 is 25.0. The fourth-order valence-electron chi connectivity index (χ4n) is 0.968. The highest BCUT2D eigenvalue weighted by molar-refractivity contribution is 9.10. The molecule has 0 fully saturated rings. The summed E-state index contributed by atoms with van der Waals surface area (Å²) in [4.78, 5) is 0. The smallest absolute Gasteiger partial charge is 0.205 e. The highest BCUT2D eigenvalue weighted by atomic mass is 79.9. The third-order valence-corrected chi connectivity index (χ3v) is 2.39. The van der Waals surface area contributed by atoms with E-state index < -0.39 is 6.43 Å². The number of aryl methyl sites for hydroxylation is 1. The third kappa shape index (κ3) is 2.03. The molecule has 1 aromatic rings. The van der Waals surface area contributed by atoms with E-state index in [1.807, 2.05) is 6.92 Å². The van der Waals surface area contributed by atoms with Gasteiger partial charge in [-0.1, -0.05) is 35.0 Å². The Kier molecular flexibility index (Phi) is 3.20. The second kappa shape index (κ2) is 3.99. The van der Waals surface area contributed by atoms with Crippen molar-refractivity contribution in [2.45, 2.75) is 19.8 Å². The van der Waals surface area contributed by atoms with Crippen molar-refractivity contribution in [3.63, 3.8) is 0 Å². The Morgan fingerprint density at radius 1 is 1.42 bits per heavy atom. The highest BCUT2D eigenvalue weighted by Crippen LogP contribution is 2.27. The Bertz CT molecular complexity index is 271. The predicted octanol–water partition coefficient (Wildman–Crippen LogP) is 3.95. The van der Waals surface area contributed by atoms with Crippen LogP contribution >= 0.6 is 15.9 Å². The van der Waals surface area contributed by atoms with Crippen LogP contribution in [0.4, 0.5) is 8.78 Å². The molecule has 1 rings (SSSR count). The molecule has 0 atom stereocenters. The lowest BCUT2D eigenvalue weighted by atomic mass is 10.1. The van der Waals surface area contributed by atoms with Gasteiger partial charge in [-0.2, -0.15) is 0 Å². The molecule has 0 N–H and O–H groups in total. The van der Waals surface area contributed by atoms with Gasteiger partial charge < -0.3 is 0 Å². The van der Waals surface area contributed by atoms with Gasteiger partial charge in [0.05, 0.1) is 0 Å². The van der Waals surface area contributed by atoms with Crippen LogP contribution in [0.2, 0.25) is 0 Å². The first-order valence-electron chi connectivity index (χ1n) is 3.71. The predicted molar refractivity (Wildman–Crippen MR) is 48.5 cm³/mol. The first-order valence-corrected chi connectivity index (χ1v) is 4.51. The number of hydrogen-bond donors (Lipinski definition) is 0. The third-order valence-electron chi connectivity index (χ3n) is 1.71. The Hall–Kier alpha value is -0.440. The summed E-state index contributed by atoms with van der Waals surface area (Å²) in [5.74, 6) is 0. The molecule has 12 heavy (non-hydrogen) atoms. The number of hydrogen-bond acceptors (Lipinski definition) is 0. The van der Waals surface area contributed by atoms with Gasteiger partial charge in [0.1, 0.15) is 0 Å². The van der Waals surface area contributed by atoms with E-state index in [4.69, 9.17) is 0 Å². The molecule has 0 radical (unpaired) electrons. The largest absolute Gasteiger partial charge is 0.264 e. The fourth-order valence-corrected chi connectivity index (χ4v) is 1.57. The van der Waals surface area contributed by atoms with Crippen LogP contribution in [0.25, 0.3) is 0 Å². The first-order chi connectivity index (χ1) is 5.65. The molecule has 0 saturated heterocycles. The minimum Gasteiger partial charge on any atom is -0.205 e. The van der Waals surface area contributed by atoms with Crippen LogP contribution in [0.1, 0.15) is 24.5 Å². The van der Waals surface area contributed by atoms with E-state index in [-0.39, 0.29) is 5.56 Å². The molecular formula is C9H9BrF2. The Balaban J connectivity index is 3.03. The Morgan fingerprint density at radius 2 is 2.08 bits per heavy atom. The average molecular weight is 235 g/mol. The van der Waals surface area contributed by atoms with Crippen molar-refractivity contribution in [3.8, 4) is 0 Å². The summed E-state index contributed by atoms with van der Waals surface area (Å²) in [6, 6.07) is 4.93. The van der Waals surface area contributed by atoms with Gasteiger partial charge in [-0.05, 0) is 18.1 Å². The molecule has 0 amide bonds. The van der Waals surface area contributed by atoms with Gasteiger partial charge in [-0.25, -0.2) is 8.78 Å². The Labute approximate surface area is 78.7 Å². The second-order valence-corrected chi connectivity index (χ2v) is 3.36. The summed E-state index contributed by atoms with van der Waals surface area (Å²) in [6.45, 7) is 1.99. The van der Waals surface area contributed by atoms with Crippen LogP contribution < -0.4 is 0 Å². The van der Waals surface area contributed by atoms with Gasteiger partial charge >= 0.3 is 0 Å². The summed E-state index contributed by atoms with van der Waals surface area (Å²) in [5.41, 5.74) is 1.12. The fraction of sp³-hybridized carbons (Fsp3) is 0.333. The lowest BCUT2D eigenvalue weighted by molar-refractivity contribution is 0.150. The highest BCUT2D eigenvalue weighted by Gasteiger charge is 2.10. The molecule has 0 aliphatic carbocycles. The molecule has 0 aliphatic heterocycles. The maximum absolute atomic E-state index is 12.2. The molecule has 0 unspecified atom stereocenters. The van der Waals surface area contributed by atoms with E-state index in [0.29, 0.717) is 4.47 Å². The van der Waals surface area contributed by atoms with E-state index in [1.165, 1.54) is 6.07 Å². The minimum absolute atomic E-state index is 0.0622. The van der Waals surface area contributed by atoms with Crippen LogP contribution in [0.15, 0.2) is 22.7 Å². The zero-order valence-electron chi connectivity index (χ0n) is 6.65. The summed E-state index contributed by atoms with van der Waals surface area (Å²) in [6.07, 6.45) is -1.53. The molecule has 0 saturated carbocycles. The van der Waals surface area contributed by atoms with E-state index in [1.54, 1.807) is 12.1 Å². The monoisotopic (exact) mass is 234 g/mol. The molecule has 1 aromatic carbocycles. The lowest BCUT2D eigenvalue weighted by Gasteiger charge is -2.04. The van der Waals surface area contributed by atoms with Crippen LogP contribution in [0.3, 0.4) is 0 Å². The maximum atomic E-state index is 12.2. The molecule has 0 spiro atoms. The van der Waals surface area contributed by atoms with Crippen LogP contribution in [0, 0.1) is 0 Å². The van der Waals surface area contributed by atoms with Gasteiger partial charge in [0, 0.05) is 10.0 Å². The minimum atomic E-state index is -2.40. The maximum Gasteiger partial charge on any atom is 0.264 e. The topological polar surface area (TPSA) is 0 Å².